The second-order valence-electron chi connectivity index (χ2n) is 4.87. The molecule has 2 amide bonds. The molecule has 0 spiro atoms. The van der Waals surface area contributed by atoms with Gasteiger partial charge in [0.2, 0.25) is 5.91 Å². The Morgan fingerprint density at radius 3 is 2.65 bits per heavy atom. The largest absolute Gasteiger partial charge is 0.356 e. The zero-order valence-electron chi connectivity index (χ0n) is 11.6. The lowest BCUT2D eigenvalue weighted by molar-refractivity contribution is -0.121. The Labute approximate surface area is 123 Å². The molecule has 0 saturated heterocycles. The molecular weight excluding hydrogens is 279 g/mol. The van der Waals surface area contributed by atoms with Crippen molar-refractivity contribution in [3.63, 3.8) is 0 Å². The molecule has 6 heteroatoms. The van der Waals surface area contributed by atoms with Crippen molar-refractivity contribution in [2.24, 2.45) is 5.92 Å². The van der Waals surface area contributed by atoms with E-state index in [1.807, 2.05) is 13.8 Å². The summed E-state index contributed by atoms with van der Waals surface area (Å²) in [5.41, 5.74) is -0.0694. The molecule has 0 heterocycles. The molecule has 0 atom stereocenters. The zero-order chi connectivity index (χ0) is 15.1. The molecule has 0 unspecified atom stereocenters. The molecule has 0 aromatic heterocycles. The number of amides is 2. The Kier molecular flexibility index (Phi) is 6.51. The first kappa shape index (κ1) is 16.5. The van der Waals surface area contributed by atoms with Crippen LogP contribution in [-0.4, -0.2) is 24.9 Å². The van der Waals surface area contributed by atoms with E-state index in [1.165, 1.54) is 18.2 Å². The minimum absolute atomic E-state index is 0.0694. The lowest BCUT2D eigenvalue weighted by Crippen LogP contribution is -2.32. The van der Waals surface area contributed by atoms with Gasteiger partial charge in [-0.3, -0.25) is 9.59 Å². The summed E-state index contributed by atoms with van der Waals surface area (Å²) in [5, 5.41) is 5.25. The average Bonchev–Trinajstić information content (AvgIpc) is 2.39. The Hall–Kier alpha value is -1.56. The summed E-state index contributed by atoms with van der Waals surface area (Å²) < 4.78 is 13.4. The van der Waals surface area contributed by atoms with Gasteiger partial charge in [-0.25, -0.2) is 4.39 Å². The van der Waals surface area contributed by atoms with Gasteiger partial charge in [0.05, 0.1) is 5.56 Å². The number of hydrogen-bond donors (Lipinski definition) is 3. The highest BCUT2D eigenvalue weighted by atomic mass is 32.1. The molecule has 0 aliphatic carbocycles. The lowest BCUT2D eigenvalue weighted by Gasteiger charge is -2.09. The average molecular weight is 298 g/mol. The van der Waals surface area contributed by atoms with Crippen LogP contribution in [0.4, 0.5) is 4.39 Å². The van der Waals surface area contributed by atoms with Crippen molar-refractivity contribution >= 4 is 24.4 Å². The molecule has 0 aliphatic rings. The quantitative estimate of drug-likeness (QED) is 0.704. The van der Waals surface area contributed by atoms with Crippen molar-refractivity contribution < 1.29 is 14.0 Å². The Morgan fingerprint density at radius 2 is 2.00 bits per heavy atom. The SMILES string of the molecule is CC(C)CNC(=O)CCNC(=O)c1cc(S)ccc1F. The molecule has 0 aliphatic heterocycles. The standard InChI is InChI=1S/C14H19FN2O2S/c1-9(2)8-17-13(18)5-6-16-14(19)11-7-10(20)3-4-12(11)15/h3-4,7,9,20H,5-6,8H2,1-2H3,(H,16,19)(H,17,18). The number of hydrogen-bond acceptors (Lipinski definition) is 3. The summed E-state index contributed by atoms with van der Waals surface area (Å²) >= 11 is 4.06. The third kappa shape index (κ3) is 5.61. The van der Waals surface area contributed by atoms with Crippen LogP contribution < -0.4 is 10.6 Å². The minimum Gasteiger partial charge on any atom is -0.356 e. The third-order valence-corrected chi connectivity index (χ3v) is 2.82. The molecule has 0 radical (unpaired) electrons. The molecule has 1 rings (SSSR count). The summed E-state index contributed by atoms with van der Waals surface area (Å²) in [6.07, 6.45) is 0.167. The Morgan fingerprint density at radius 1 is 1.30 bits per heavy atom. The van der Waals surface area contributed by atoms with E-state index in [9.17, 15) is 14.0 Å². The predicted molar refractivity (Wildman–Crippen MR) is 78.4 cm³/mol. The van der Waals surface area contributed by atoms with Crippen molar-refractivity contribution in [2.75, 3.05) is 13.1 Å². The van der Waals surface area contributed by atoms with Gasteiger partial charge < -0.3 is 10.6 Å². The van der Waals surface area contributed by atoms with Crippen LogP contribution in [0, 0.1) is 11.7 Å². The fraction of sp³-hybridized carbons (Fsp3) is 0.429. The van der Waals surface area contributed by atoms with Gasteiger partial charge in [-0.15, -0.1) is 12.6 Å². The molecule has 0 bridgehead atoms. The van der Waals surface area contributed by atoms with Gasteiger partial charge in [-0.2, -0.15) is 0 Å². The van der Waals surface area contributed by atoms with Gasteiger partial charge >= 0.3 is 0 Å². The number of nitrogens with one attached hydrogen (secondary N) is 2. The van der Waals surface area contributed by atoms with Crippen LogP contribution in [-0.2, 0) is 4.79 Å². The van der Waals surface area contributed by atoms with E-state index in [4.69, 9.17) is 0 Å². The smallest absolute Gasteiger partial charge is 0.254 e. The predicted octanol–water partition coefficient (Wildman–Crippen LogP) is 2.01. The highest BCUT2D eigenvalue weighted by molar-refractivity contribution is 7.80. The van der Waals surface area contributed by atoms with Crippen LogP contribution in [0.5, 0.6) is 0 Å². The van der Waals surface area contributed by atoms with E-state index in [1.54, 1.807) is 0 Å². The highest BCUT2D eigenvalue weighted by Gasteiger charge is 2.12. The molecule has 2 N–H and O–H groups in total. The van der Waals surface area contributed by atoms with Gasteiger partial charge in [-0.05, 0) is 24.1 Å². The van der Waals surface area contributed by atoms with Gasteiger partial charge in [0.1, 0.15) is 5.82 Å². The number of rotatable bonds is 6. The topological polar surface area (TPSA) is 58.2 Å². The van der Waals surface area contributed by atoms with E-state index in [-0.39, 0.29) is 24.4 Å². The molecular formula is C14H19FN2O2S. The molecule has 1 aromatic rings. The number of thiol groups is 1. The maximum Gasteiger partial charge on any atom is 0.254 e. The van der Waals surface area contributed by atoms with Crippen LogP contribution in [0.2, 0.25) is 0 Å². The van der Waals surface area contributed by atoms with Crippen LogP contribution >= 0.6 is 12.6 Å². The first-order valence-electron chi connectivity index (χ1n) is 6.43. The molecule has 4 nitrogen and oxygen atoms in total. The van der Waals surface area contributed by atoms with E-state index in [2.05, 4.69) is 23.3 Å². The maximum atomic E-state index is 13.4. The van der Waals surface area contributed by atoms with Crippen LogP contribution in [0.15, 0.2) is 23.1 Å². The second kappa shape index (κ2) is 7.89. The van der Waals surface area contributed by atoms with Gasteiger partial charge in [0.25, 0.3) is 5.91 Å². The van der Waals surface area contributed by atoms with E-state index in [0.29, 0.717) is 17.4 Å². The summed E-state index contributed by atoms with van der Waals surface area (Å²) in [7, 11) is 0. The molecule has 1 aromatic carbocycles. The number of carbonyl (C=O) groups is 2. The summed E-state index contributed by atoms with van der Waals surface area (Å²) in [5.74, 6) is -0.914. The van der Waals surface area contributed by atoms with Crippen LogP contribution in [0.25, 0.3) is 0 Å². The maximum absolute atomic E-state index is 13.4. The summed E-state index contributed by atoms with van der Waals surface area (Å²) in [4.78, 5) is 23.7. The minimum atomic E-state index is -0.607. The fourth-order valence-corrected chi connectivity index (χ4v) is 1.68. The van der Waals surface area contributed by atoms with Gasteiger partial charge in [0, 0.05) is 24.4 Å². The number of halogens is 1. The van der Waals surface area contributed by atoms with E-state index < -0.39 is 11.7 Å². The Balaban J connectivity index is 2.40. The lowest BCUT2D eigenvalue weighted by atomic mass is 10.2. The first-order valence-corrected chi connectivity index (χ1v) is 6.88. The van der Waals surface area contributed by atoms with E-state index >= 15 is 0 Å². The van der Waals surface area contributed by atoms with Crippen molar-refractivity contribution in [1.82, 2.24) is 10.6 Å². The normalized spacial score (nSPS) is 10.4. The van der Waals surface area contributed by atoms with Gasteiger partial charge in [0.15, 0.2) is 0 Å². The monoisotopic (exact) mass is 298 g/mol. The van der Waals surface area contributed by atoms with E-state index in [0.717, 1.165) is 0 Å². The van der Waals surface area contributed by atoms with Gasteiger partial charge in [-0.1, -0.05) is 13.8 Å². The van der Waals surface area contributed by atoms with Crippen molar-refractivity contribution in [2.45, 2.75) is 25.2 Å². The third-order valence-electron chi connectivity index (χ3n) is 2.54. The molecule has 0 fully saturated rings. The molecule has 0 saturated carbocycles. The number of carbonyl (C=O) groups excluding carboxylic acids is 2. The van der Waals surface area contributed by atoms with Crippen LogP contribution in [0.3, 0.4) is 0 Å². The van der Waals surface area contributed by atoms with Crippen LogP contribution in [0.1, 0.15) is 30.6 Å². The fourth-order valence-electron chi connectivity index (χ4n) is 1.48. The molecule has 20 heavy (non-hydrogen) atoms. The summed E-state index contributed by atoms with van der Waals surface area (Å²) in [6, 6.07) is 4.01. The highest BCUT2D eigenvalue weighted by Crippen LogP contribution is 2.13. The zero-order valence-corrected chi connectivity index (χ0v) is 12.5. The molecule has 110 valence electrons. The summed E-state index contributed by atoms with van der Waals surface area (Å²) in [6.45, 7) is 4.76. The van der Waals surface area contributed by atoms with Crippen molar-refractivity contribution in [3.8, 4) is 0 Å². The Bertz CT molecular complexity index is 492. The van der Waals surface area contributed by atoms with Crippen molar-refractivity contribution in [1.29, 1.82) is 0 Å². The number of benzene rings is 1. The first-order chi connectivity index (χ1) is 9.40. The second-order valence-corrected chi connectivity index (χ2v) is 5.38. The van der Waals surface area contributed by atoms with Crippen molar-refractivity contribution in [3.05, 3.63) is 29.6 Å².